The molecule has 0 aliphatic carbocycles. The number of halogens is 1. The number of hydrogen-bond acceptors (Lipinski definition) is 3. The second kappa shape index (κ2) is 6.33. The van der Waals surface area contributed by atoms with Gasteiger partial charge in [-0.1, -0.05) is 23.7 Å². The zero-order chi connectivity index (χ0) is 15.6. The molecule has 1 atom stereocenters. The van der Waals surface area contributed by atoms with Crippen LogP contribution >= 0.6 is 11.6 Å². The predicted octanol–water partition coefficient (Wildman–Crippen LogP) is 4.13. The summed E-state index contributed by atoms with van der Waals surface area (Å²) in [6.45, 7) is 4.33. The maximum Gasteiger partial charge on any atom is 0.372 e. The number of benzene rings is 1. The molecule has 2 rings (SSSR count). The molecule has 0 radical (unpaired) electrons. The van der Waals surface area contributed by atoms with Crippen LogP contribution in [0.4, 0.5) is 0 Å². The van der Waals surface area contributed by atoms with Crippen LogP contribution in [0.1, 0.15) is 40.4 Å². The summed E-state index contributed by atoms with van der Waals surface area (Å²) in [4.78, 5) is 13.1. The van der Waals surface area contributed by atoms with Gasteiger partial charge in [-0.2, -0.15) is 0 Å². The van der Waals surface area contributed by atoms with Crippen LogP contribution in [0, 0.1) is 6.92 Å². The number of nitrogens with zero attached hydrogens (tertiary/aromatic N) is 1. The molecule has 4 nitrogen and oxygen atoms in total. The number of carboxylic acid groups (broad SMARTS) is 1. The molecule has 0 aliphatic rings. The third-order valence-corrected chi connectivity index (χ3v) is 3.80. The van der Waals surface area contributed by atoms with Crippen molar-refractivity contribution in [2.75, 3.05) is 7.05 Å². The molecular weight excluding hydrogens is 290 g/mol. The second-order valence-electron chi connectivity index (χ2n) is 5.18. The first-order chi connectivity index (χ1) is 9.88. The first kappa shape index (κ1) is 15.6. The Balaban J connectivity index is 2.12. The average molecular weight is 308 g/mol. The molecular formula is C16H18ClNO3. The monoisotopic (exact) mass is 307 g/mol. The van der Waals surface area contributed by atoms with Crippen molar-refractivity contribution in [1.82, 2.24) is 4.90 Å². The van der Waals surface area contributed by atoms with Crippen molar-refractivity contribution in [3.8, 4) is 0 Å². The largest absolute Gasteiger partial charge is 0.475 e. The molecule has 1 heterocycles. The number of rotatable bonds is 5. The van der Waals surface area contributed by atoms with Gasteiger partial charge in [0.25, 0.3) is 0 Å². The number of carbonyl (C=O) groups is 1. The molecule has 2 aromatic rings. The van der Waals surface area contributed by atoms with E-state index in [0.717, 1.165) is 5.56 Å². The summed E-state index contributed by atoms with van der Waals surface area (Å²) in [5, 5.41) is 9.71. The molecule has 1 aromatic carbocycles. The average Bonchev–Trinajstić information content (AvgIpc) is 2.78. The number of hydrogen-bond donors (Lipinski definition) is 1. The van der Waals surface area contributed by atoms with Crippen LogP contribution in [0.2, 0.25) is 5.02 Å². The van der Waals surface area contributed by atoms with E-state index in [4.69, 9.17) is 21.1 Å². The van der Waals surface area contributed by atoms with Crippen molar-refractivity contribution < 1.29 is 14.3 Å². The fourth-order valence-electron chi connectivity index (χ4n) is 2.24. The van der Waals surface area contributed by atoms with Crippen molar-refractivity contribution in [2.24, 2.45) is 0 Å². The van der Waals surface area contributed by atoms with Crippen molar-refractivity contribution in [1.29, 1.82) is 0 Å². The van der Waals surface area contributed by atoms with Crippen LogP contribution in [0.15, 0.2) is 34.7 Å². The molecule has 0 aliphatic heterocycles. The van der Waals surface area contributed by atoms with Crippen LogP contribution < -0.4 is 0 Å². The van der Waals surface area contributed by atoms with E-state index in [-0.39, 0.29) is 11.8 Å². The number of aryl methyl sites for hydroxylation is 1. The summed E-state index contributed by atoms with van der Waals surface area (Å²) in [5.41, 5.74) is 1.74. The molecule has 0 saturated carbocycles. The van der Waals surface area contributed by atoms with Gasteiger partial charge in [0.1, 0.15) is 5.76 Å². The van der Waals surface area contributed by atoms with Gasteiger partial charge in [0.2, 0.25) is 5.76 Å². The van der Waals surface area contributed by atoms with Gasteiger partial charge in [-0.25, -0.2) is 4.79 Å². The van der Waals surface area contributed by atoms with Crippen molar-refractivity contribution in [3.63, 3.8) is 0 Å². The van der Waals surface area contributed by atoms with Gasteiger partial charge in [-0.05, 0) is 44.7 Å². The molecule has 1 aromatic heterocycles. The first-order valence-electron chi connectivity index (χ1n) is 6.66. The predicted molar refractivity (Wildman–Crippen MR) is 81.7 cm³/mol. The SMILES string of the molecule is Cc1cc(CN(C)C(C)c2cccc(Cl)c2)oc1C(=O)O. The standard InChI is InChI=1S/C16H18ClNO3/c1-10-7-14(21-15(10)16(19)20)9-18(3)11(2)12-5-4-6-13(17)8-12/h4-8,11H,9H2,1-3H3,(H,19,20). The molecule has 21 heavy (non-hydrogen) atoms. The van der Waals surface area contributed by atoms with Crippen LogP contribution in [-0.4, -0.2) is 23.0 Å². The zero-order valence-electron chi connectivity index (χ0n) is 12.3. The number of carboxylic acids is 1. The first-order valence-corrected chi connectivity index (χ1v) is 7.04. The van der Waals surface area contributed by atoms with Crippen LogP contribution in [0.3, 0.4) is 0 Å². The van der Waals surface area contributed by atoms with E-state index < -0.39 is 5.97 Å². The molecule has 0 saturated heterocycles. The normalized spacial score (nSPS) is 12.6. The molecule has 0 bridgehead atoms. The number of furan rings is 1. The van der Waals surface area contributed by atoms with E-state index in [9.17, 15) is 4.79 Å². The smallest absolute Gasteiger partial charge is 0.372 e. The van der Waals surface area contributed by atoms with E-state index >= 15 is 0 Å². The van der Waals surface area contributed by atoms with E-state index in [1.54, 1.807) is 13.0 Å². The molecule has 0 spiro atoms. The zero-order valence-corrected chi connectivity index (χ0v) is 13.0. The van der Waals surface area contributed by atoms with E-state index in [1.807, 2.05) is 31.3 Å². The summed E-state index contributed by atoms with van der Waals surface area (Å²) in [7, 11) is 1.96. The van der Waals surface area contributed by atoms with Crippen molar-refractivity contribution in [3.05, 3.63) is 58.0 Å². The quantitative estimate of drug-likeness (QED) is 0.902. The van der Waals surface area contributed by atoms with Crippen molar-refractivity contribution in [2.45, 2.75) is 26.4 Å². The Labute approximate surface area is 128 Å². The summed E-state index contributed by atoms with van der Waals surface area (Å²) in [6, 6.07) is 9.61. The lowest BCUT2D eigenvalue weighted by Gasteiger charge is -2.24. The Bertz CT molecular complexity index is 651. The minimum atomic E-state index is -1.04. The Morgan fingerprint density at radius 3 is 2.71 bits per heavy atom. The summed E-state index contributed by atoms with van der Waals surface area (Å²) in [5.74, 6) is -0.389. The van der Waals surface area contributed by atoms with Gasteiger partial charge < -0.3 is 9.52 Å². The van der Waals surface area contributed by atoms with E-state index in [1.165, 1.54) is 0 Å². The van der Waals surface area contributed by atoms with Crippen LogP contribution in [0.5, 0.6) is 0 Å². The highest BCUT2D eigenvalue weighted by Crippen LogP contribution is 2.24. The highest BCUT2D eigenvalue weighted by molar-refractivity contribution is 6.30. The topological polar surface area (TPSA) is 53.7 Å². The fourth-order valence-corrected chi connectivity index (χ4v) is 2.44. The Kier molecular flexibility index (Phi) is 4.70. The third kappa shape index (κ3) is 3.65. The van der Waals surface area contributed by atoms with Gasteiger partial charge in [0.15, 0.2) is 0 Å². The lowest BCUT2D eigenvalue weighted by molar-refractivity contribution is 0.0657. The van der Waals surface area contributed by atoms with Crippen LogP contribution in [-0.2, 0) is 6.54 Å². The van der Waals surface area contributed by atoms with Gasteiger partial charge in [-0.3, -0.25) is 4.90 Å². The van der Waals surface area contributed by atoms with E-state index in [2.05, 4.69) is 11.8 Å². The maximum absolute atomic E-state index is 11.0. The molecule has 1 N–H and O–H groups in total. The summed E-state index contributed by atoms with van der Waals surface area (Å²) < 4.78 is 5.39. The molecule has 0 amide bonds. The minimum absolute atomic E-state index is 0.00816. The molecule has 1 unspecified atom stereocenters. The highest BCUT2D eigenvalue weighted by atomic mass is 35.5. The van der Waals surface area contributed by atoms with Gasteiger partial charge in [0.05, 0.1) is 6.54 Å². The lowest BCUT2D eigenvalue weighted by atomic mass is 10.1. The summed E-state index contributed by atoms with van der Waals surface area (Å²) >= 11 is 6.01. The number of aromatic carboxylic acids is 1. The second-order valence-corrected chi connectivity index (χ2v) is 5.61. The molecule has 5 heteroatoms. The van der Waals surface area contributed by atoms with Gasteiger partial charge >= 0.3 is 5.97 Å². The molecule has 112 valence electrons. The third-order valence-electron chi connectivity index (χ3n) is 3.56. The fraction of sp³-hybridized carbons (Fsp3) is 0.312. The van der Waals surface area contributed by atoms with Gasteiger partial charge in [0, 0.05) is 16.6 Å². The Morgan fingerprint density at radius 2 is 2.14 bits per heavy atom. The summed E-state index contributed by atoms with van der Waals surface area (Å²) in [6.07, 6.45) is 0. The van der Waals surface area contributed by atoms with Crippen molar-refractivity contribution >= 4 is 17.6 Å². The maximum atomic E-state index is 11.0. The van der Waals surface area contributed by atoms with Crippen LogP contribution in [0.25, 0.3) is 0 Å². The highest BCUT2D eigenvalue weighted by Gasteiger charge is 2.18. The lowest BCUT2D eigenvalue weighted by Crippen LogP contribution is -2.21. The molecule has 0 fully saturated rings. The van der Waals surface area contributed by atoms with Gasteiger partial charge in [-0.15, -0.1) is 0 Å². The Hall–Kier alpha value is -1.78. The Morgan fingerprint density at radius 1 is 1.43 bits per heavy atom. The minimum Gasteiger partial charge on any atom is -0.475 e. The van der Waals surface area contributed by atoms with E-state index in [0.29, 0.717) is 22.9 Å².